The second-order valence-corrected chi connectivity index (χ2v) is 13.9. The molecule has 2 aromatic rings. The zero-order valence-electron chi connectivity index (χ0n) is 13.2. The van der Waals surface area contributed by atoms with Crippen LogP contribution in [0.25, 0.3) is 0 Å². The third-order valence-electron chi connectivity index (χ3n) is 4.28. The van der Waals surface area contributed by atoms with E-state index in [-0.39, 0.29) is 0 Å². The monoisotopic (exact) mass is 315 g/mol. The molecule has 4 heteroatoms. The summed E-state index contributed by atoms with van der Waals surface area (Å²) in [6.45, 7) is 6.79. The van der Waals surface area contributed by atoms with Gasteiger partial charge in [-0.3, -0.25) is 0 Å². The zero-order valence-corrected chi connectivity index (χ0v) is 15.2. The van der Waals surface area contributed by atoms with Crippen molar-refractivity contribution in [2.75, 3.05) is 6.17 Å². The molecule has 0 aliphatic heterocycles. The molecule has 2 rings (SSSR count). The maximum atomic E-state index is 6.85. The van der Waals surface area contributed by atoms with Gasteiger partial charge in [-0.2, -0.15) is 0 Å². The summed E-state index contributed by atoms with van der Waals surface area (Å²) in [5.74, 6) is 0. The Balaban J connectivity index is 2.36. The third kappa shape index (κ3) is 3.52. The molecule has 0 radical (unpaired) electrons. The minimum atomic E-state index is -2.10. The topological polar surface area (TPSA) is 35.2 Å². The van der Waals surface area contributed by atoms with Crippen LogP contribution in [0.4, 0.5) is 0 Å². The first kappa shape index (κ1) is 16.2. The van der Waals surface area contributed by atoms with Gasteiger partial charge in [0.25, 0.3) is 0 Å². The summed E-state index contributed by atoms with van der Waals surface area (Å²) in [4.78, 5) is 0. The van der Waals surface area contributed by atoms with Crippen molar-refractivity contribution < 1.29 is 4.12 Å². The van der Waals surface area contributed by atoms with E-state index in [2.05, 4.69) is 74.6 Å². The van der Waals surface area contributed by atoms with E-state index in [4.69, 9.17) is 9.85 Å². The Hall–Kier alpha value is -1.21. The largest absolute Gasteiger partial charge is 0.448 e. The number of nitrogens with two attached hydrogens (primary N) is 1. The lowest BCUT2D eigenvalue weighted by atomic mass is 10.4. The maximum absolute atomic E-state index is 6.85. The second-order valence-electron chi connectivity index (χ2n) is 5.85. The first-order valence-corrected chi connectivity index (χ1v) is 12.8. The van der Waals surface area contributed by atoms with Gasteiger partial charge in [0.05, 0.1) is 0 Å². The van der Waals surface area contributed by atoms with Crippen molar-refractivity contribution in [3.8, 4) is 0 Å². The van der Waals surface area contributed by atoms with Crippen LogP contribution in [0.5, 0.6) is 0 Å². The minimum absolute atomic E-state index is 0.617. The van der Waals surface area contributed by atoms with Gasteiger partial charge in [0.1, 0.15) is 0 Å². The average Bonchev–Trinajstić information content (AvgIpc) is 2.56. The SMILES string of the molecule is CC[Si](C)(O[Si](C)(CN)c1ccccc1)c1ccccc1. The molecule has 0 heterocycles. The fraction of sp³-hybridized carbons (Fsp3) is 0.294. The molecule has 2 aromatic carbocycles. The zero-order chi connectivity index (χ0) is 15.3. The number of rotatable bonds is 6. The van der Waals surface area contributed by atoms with Gasteiger partial charge in [-0.05, 0) is 29.5 Å². The van der Waals surface area contributed by atoms with E-state index in [1.807, 2.05) is 6.07 Å². The van der Waals surface area contributed by atoms with Gasteiger partial charge in [0, 0.05) is 6.17 Å². The highest BCUT2D eigenvalue weighted by Crippen LogP contribution is 2.18. The molecular formula is C17H25NOSi2. The molecule has 2 atom stereocenters. The molecule has 0 spiro atoms. The van der Waals surface area contributed by atoms with Gasteiger partial charge >= 0.3 is 0 Å². The molecule has 0 saturated carbocycles. The molecule has 2 N–H and O–H groups in total. The molecule has 2 unspecified atom stereocenters. The van der Waals surface area contributed by atoms with Crippen LogP contribution in [0.2, 0.25) is 19.1 Å². The molecule has 0 aliphatic rings. The molecule has 21 heavy (non-hydrogen) atoms. The van der Waals surface area contributed by atoms with Crippen molar-refractivity contribution in [3.63, 3.8) is 0 Å². The van der Waals surface area contributed by atoms with E-state index in [9.17, 15) is 0 Å². The van der Waals surface area contributed by atoms with Gasteiger partial charge in [-0.1, -0.05) is 67.6 Å². The average molecular weight is 316 g/mol. The maximum Gasteiger partial charge on any atom is 0.223 e. The van der Waals surface area contributed by atoms with Gasteiger partial charge in [0.2, 0.25) is 16.6 Å². The quantitative estimate of drug-likeness (QED) is 0.831. The summed E-state index contributed by atoms with van der Waals surface area (Å²) in [6, 6.07) is 22.2. The smallest absolute Gasteiger partial charge is 0.223 e. The molecule has 0 aromatic heterocycles. The molecule has 0 aliphatic carbocycles. The standard InChI is InChI=1S/C17H25NOSi2/c1-4-20(2,16-11-7-5-8-12-16)19-21(3,15-18)17-13-9-6-10-14-17/h5-14H,4,15,18H2,1-3H3. The van der Waals surface area contributed by atoms with Crippen molar-refractivity contribution in [3.05, 3.63) is 60.7 Å². The normalized spacial score (nSPS) is 17.0. The Bertz CT molecular complexity index is 512. The first-order valence-electron chi connectivity index (χ1n) is 7.55. The highest BCUT2D eigenvalue weighted by Gasteiger charge is 2.40. The number of hydrogen-bond donors (Lipinski definition) is 1. The Morgan fingerprint density at radius 1 is 0.810 bits per heavy atom. The highest BCUT2D eigenvalue weighted by atomic mass is 28.4. The molecule has 112 valence electrons. The lowest BCUT2D eigenvalue weighted by molar-refractivity contribution is 0.556. The van der Waals surface area contributed by atoms with Gasteiger partial charge in [-0.25, -0.2) is 0 Å². The lowest BCUT2D eigenvalue weighted by Crippen LogP contribution is -2.63. The summed E-state index contributed by atoms with van der Waals surface area (Å²) in [5.41, 5.74) is 6.14. The fourth-order valence-corrected chi connectivity index (χ4v) is 10.9. The van der Waals surface area contributed by atoms with Crippen molar-refractivity contribution in [2.24, 2.45) is 5.73 Å². The molecule has 0 bridgehead atoms. The van der Waals surface area contributed by atoms with Crippen LogP contribution in [-0.4, -0.2) is 22.8 Å². The van der Waals surface area contributed by atoms with E-state index in [1.54, 1.807) is 0 Å². The van der Waals surface area contributed by atoms with Crippen molar-refractivity contribution in [1.82, 2.24) is 0 Å². The Morgan fingerprint density at radius 2 is 1.24 bits per heavy atom. The van der Waals surface area contributed by atoms with E-state index >= 15 is 0 Å². The summed E-state index contributed by atoms with van der Waals surface area (Å²) < 4.78 is 6.85. The van der Waals surface area contributed by atoms with Crippen molar-refractivity contribution >= 4 is 27.0 Å². The fourth-order valence-electron chi connectivity index (χ4n) is 2.63. The van der Waals surface area contributed by atoms with Crippen LogP contribution < -0.4 is 16.1 Å². The second kappa shape index (κ2) is 6.70. The summed E-state index contributed by atoms with van der Waals surface area (Å²) in [5, 5.41) is 2.64. The molecule has 0 amide bonds. The Morgan fingerprint density at radius 3 is 1.62 bits per heavy atom. The predicted molar refractivity (Wildman–Crippen MR) is 96.0 cm³/mol. The molecule has 0 fully saturated rings. The van der Waals surface area contributed by atoms with E-state index in [1.165, 1.54) is 10.4 Å². The summed E-state index contributed by atoms with van der Waals surface area (Å²) >= 11 is 0. The number of hydrogen-bond acceptors (Lipinski definition) is 2. The first-order chi connectivity index (χ1) is 10.0. The van der Waals surface area contributed by atoms with Gasteiger partial charge in [-0.15, -0.1) is 0 Å². The van der Waals surface area contributed by atoms with E-state index < -0.39 is 16.6 Å². The van der Waals surface area contributed by atoms with Crippen molar-refractivity contribution in [2.45, 2.75) is 26.1 Å². The van der Waals surface area contributed by atoms with Crippen LogP contribution in [-0.2, 0) is 4.12 Å². The number of benzene rings is 2. The van der Waals surface area contributed by atoms with Crippen LogP contribution in [0, 0.1) is 0 Å². The predicted octanol–water partition coefficient (Wildman–Crippen LogP) is 2.49. The Labute approximate surface area is 130 Å². The van der Waals surface area contributed by atoms with Crippen LogP contribution in [0.1, 0.15) is 6.92 Å². The van der Waals surface area contributed by atoms with E-state index in [0.717, 1.165) is 6.04 Å². The lowest BCUT2D eigenvalue weighted by Gasteiger charge is -2.38. The minimum Gasteiger partial charge on any atom is -0.448 e. The van der Waals surface area contributed by atoms with Gasteiger partial charge in [0.15, 0.2) is 0 Å². The molecule has 0 saturated heterocycles. The summed E-state index contributed by atoms with van der Waals surface area (Å²) in [6.07, 6.45) is 0.617. The van der Waals surface area contributed by atoms with Crippen LogP contribution in [0.15, 0.2) is 60.7 Å². The van der Waals surface area contributed by atoms with Crippen LogP contribution >= 0.6 is 0 Å². The van der Waals surface area contributed by atoms with Crippen molar-refractivity contribution in [1.29, 1.82) is 0 Å². The molecule has 2 nitrogen and oxygen atoms in total. The highest BCUT2D eigenvalue weighted by molar-refractivity contribution is 6.98. The van der Waals surface area contributed by atoms with Gasteiger partial charge < -0.3 is 9.85 Å². The van der Waals surface area contributed by atoms with Crippen LogP contribution in [0.3, 0.4) is 0 Å². The molecular weight excluding hydrogens is 290 g/mol. The van der Waals surface area contributed by atoms with E-state index in [0.29, 0.717) is 6.17 Å². The Kier molecular flexibility index (Phi) is 5.16. The summed E-state index contributed by atoms with van der Waals surface area (Å²) in [7, 11) is -4.06. The third-order valence-corrected chi connectivity index (χ3v) is 13.1.